The third kappa shape index (κ3) is 2.61. The highest BCUT2D eigenvalue weighted by atomic mass is 16.6. The van der Waals surface area contributed by atoms with Gasteiger partial charge in [0.1, 0.15) is 5.84 Å². The highest BCUT2D eigenvalue weighted by molar-refractivity contribution is 6.00. The minimum absolute atomic E-state index is 0.147. The second-order valence-corrected chi connectivity index (χ2v) is 5.41. The Labute approximate surface area is 128 Å². The summed E-state index contributed by atoms with van der Waals surface area (Å²) < 4.78 is 4.93. The van der Waals surface area contributed by atoms with Crippen LogP contribution in [0.1, 0.15) is 12.0 Å². The molecule has 0 aliphatic carbocycles. The molecule has 1 aromatic rings. The van der Waals surface area contributed by atoms with Gasteiger partial charge in [-0.15, -0.1) is 0 Å². The van der Waals surface area contributed by atoms with Gasteiger partial charge in [-0.1, -0.05) is 0 Å². The number of hydrogen-bond donors (Lipinski definition) is 1. The van der Waals surface area contributed by atoms with Crippen LogP contribution in [0.25, 0.3) is 0 Å². The van der Waals surface area contributed by atoms with Crippen molar-refractivity contribution in [3.63, 3.8) is 0 Å². The quantitative estimate of drug-likeness (QED) is 0.884. The zero-order valence-corrected chi connectivity index (χ0v) is 12.4. The first-order chi connectivity index (χ1) is 10.6. The fourth-order valence-electron chi connectivity index (χ4n) is 2.64. The van der Waals surface area contributed by atoms with Gasteiger partial charge < -0.3 is 15.4 Å². The molecule has 3 rings (SSSR count). The zero-order chi connectivity index (χ0) is 15.7. The Bertz CT molecular complexity index is 626. The van der Waals surface area contributed by atoms with Crippen molar-refractivity contribution < 1.29 is 14.3 Å². The second-order valence-electron chi connectivity index (χ2n) is 5.41. The van der Waals surface area contributed by atoms with Crippen LogP contribution >= 0.6 is 0 Å². The number of carbonyl (C=O) groups excluding carboxylic acids is 2. The van der Waals surface area contributed by atoms with Crippen LogP contribution in [-0.2, 0) is 9.53 Å². The van der Waals surface area contributed by atoms with Gasteiger partial charge in [0.25, 0.3) is 5.91 Å². The molecule has 0 unspecified atom stereocenters. The van der Waals surface area contributed by atoms with E-state index in [1.807, 2.05) is 31.3 Å². The van der Waals surface area contributed by atoms with Crippen molar-refractivity contribution in [3.8, 4) is 0 Å². The predicted molar refractivity (Wildman–Crippen MR) is 81.9 cm³/mol. The summed E-state index contributed by atoms with van der Waals surface area (Å²) in [5, 5.41) is 0. The summed E-state index contributed by atoms with van der Waals surface area (Å²) in [6, 6.07) is 7.48. The lowest BCUT2D eigenvalue weighted by Gasteiger charge is -2.25. The number of aliphatic imine (C=N–C) groups is 1. The molecular weight excluding hydrogens is 284 g/mol. The Balaban J connectivity index is 1.79. The van der Waals surface area contributed by atoms with E-state index in [0.717, 1.165) is 30.9 Å². The molecule has 7 nitrogen and oxygen atoms in total. The van der Waals surface area contributed by atoms with Gasteiger partial charge in [0.15, 0.2) is 6.10 Å². The van der Waals surface area contributed by atoms with Gasteiger partial charge in [-0.05, 0) is 30.7 Å². The standard InChI is InChI=1S/C15H18N4O3/c1-18-8-2-7-17-14(18)10-3-5-11(6-4-10)19-9-12(13(16)20)22-15(19)21/h3-6,12H,2,7-9H2,1H3,(H2,16,20)/t12-/m0/s1. The maximum absolute atomic E-state index is 11.8. The second kappa shape index (κ2) is 5.67. The Morgan fingerprint density at radius 2 is 2.09 bits per heavy atom. The number of ether oxygens (including phenoxy) is 1. The van der Waals surface area contributed by atoms with Crippen LogP contribution in [0.4, 0.5) is 10.5 Å². The number of cyclic esters (lactones) is 1. The number of hydrogen-bond acceptors (Lipinski definition) is 5. The number of anilines is 1. The molecule has 1 atom stereocenters. The fraction of sp³-hybridized carbons (Fsp3) is 0.400. The van der Waals surface area contributed by atoms with Crippen molar-refractivity contribution in [2.24, 2.45) is 10.7 Å². The molecule has 1 fully saturated rings. The molecular formula is C15H18N4O3. The third-order valence-corrected chi connectivity index (χ3v) is 3.84. The van der Waals surface area contributed by atoms with Gasteiger partial charge in [0.2, 0.25) is 0 Å². The maximum atomic E-state index is 11.8. The Morgan fingerprint density at radius 1 is 1.36 bits per heavy atom. The monoisotopic (exact) mass is 302 g/mol. The van der Waals surface area contributed by atoms with E-state index in [2.05, 4.69) is 9.89 Å². The van der Waals surface area contributed by atoms with Crippen molar-refractivity contribution in [2.75, 3.05) is 31.6 Å². The molecule has 7 heteroatoms. The zero-order valence-electron chi connectivity index (χ0n) is 12.4. The normalized spacial score (nSPS) is 21.6. The minimum Gasteiger partial charge on any atom is -0.434 e. The van der Waals surface area contributed by atoms with Crippen molar-refractivity contribution in [3.05, 3.63) is 29.8 Å². The molecule has 2 aliphatic rings. The number of carbonyl (C=O) groups is 2. The third-order valence-electron chi connectivity index (χ3n) is 3.84. The number of amidine groups is 1. The summed E-state index contributed by atoms with van der Waals surface area (Å²) in [7, 11) is 2.02. The Kier molecular flexibility index (Phi) is 3.70. The number of rotatable bonds is 3. The molecule has 2 amide bonds. The van der Waals surface area contributed by atoms with Gasteiger partial charge in [-0.3, -0.25) is 14.7 Å². The van der Waals surface area contributed by atoms with Crippen LogP contribution in [0.2, 0.25) is 0 Å². The molecule has 2 aliphatic heterocycles. The van der Waals surface area contributed by atoms with Gasteiger partial charge in [-0.2, -0.15) is 0 Å². The van der Waals surface area contributed by atoms with E-state index in [1.54, 1.807) is 0 Å². The summed E-state index contributed by atoms with van der Waals surface area (Å²) in [6.45, 7) is 1.97. The largest absolute Gasteiger partial charge is 0.434 e. The van der Waals surface area contributed by atoms with Crippen LogP contribution in [0.15, 0.2) is 29.3 Å². The molecule has 22 heavy (non-hydrogen) atoms. The van der Waals surface area contributed by atoms with E-state index >= 15 is 0 Å². The number of amides is 2. The molecule has 0 bridgehead atoms. The number of benzene rings is 1. The lowest BCUT2D eigenvalue weighted by Crippen LogP contribution is -2.33. The van der Waals surface area contributed by atoms with Gasteiger partial charge in [0.05, 0.1) is 6.54 Å². The van der Waals surface area contributed by atoms with Crippen LogP contribution in [0.3, 0.4) is 0 Å². The van der Waals surface area contributed by atoms with Gasteiger partial charge in [-0.25, -0.2) is 4.79 Å². The molecule has 0 radical (unpaired) electrons. The fourth-order valence-corrected chi connectivity index (χ4v) is 2.64. The van der Waals surface area contributed by atoms with E-state index in [0.29, 0.717) is 5.69 Å². The summed E-state index contributed by atoms with van der Waals surface area (Å²) in [5.74, 6) is 0.322. The lowest BCUT2D eigenvalue weighted by atomic mass is 10.1. The van der Waals surface area contributed by atoms with E-state index in [1.165, 1.54) is 4.90 Å². The van der Waals surface area contributed by atoms with Crippen LogP contribution in [0.5, 0.6) is 0 Å². The number of primary amides is 1. The summed E-state index contributed by atoms with van der Waals surface area (Å²) in [5.41, 5.74) is 6.86. The Hall–Kier alpha value is -2.57. The number of nitrogens with two attached hydrogens (primary N) is 1. The predicted octanol–water partition coefficient (Wildman–Crippen LogP) is 0.579. The molecule has 0 aromatic heterocycles. The first-order valence-electron chi connectivity index (χ1n) is 7.20. The molecule has 0 saturated carbocycles. The average molecular weight is 302 g/mol. The summed E-state index contributed by atoms with van der Waals surface area (Å²) in [6.07, 6.45) is -0.378. The van der Waals surface area contributed by atoms with E-state index in [9.17, 15) is 9.59 Å². The van der Waals surface area contributed by atoms with Crippen LogP contribution in [0, 0.1) is 0 Å². The highest BCUT2D eigenvalue weighted by Crippen LogP contribution is 2.23. The maximum Gasteiger partial charge on any atom is 0.415 e. The van der Waals surface area contributed by atoms with Crippen molar-refractivity contribution in [1.82, 2.24) is 4.90 Å². The lowest BCUT2D eigenvalue weighted by molar-refractivity contribution is -0.124. The van der Waals surface area contributed by atoms with Crippen molar-refractivity contribution in [2.45, 2.75) is 12.5 Å². The summed E-state index contributed by atoms with van der Waals surface area (Å²) in [4.78, 5) is 31.0. The molecule has 1 aromatic carbocycles. The van der Waals surface area contributed by atoms with E-state index in [4.69, 9.17) is 10.5 Å². The minimum atomic E-state index is -0.888. The van der Waals surface area contributed by atoms with E-state index in [-0.39, 0.29) is 6.54 Å². The van der Waals surface area contributed by atoms with Gasteiger partial charge in [0, 0.05) is 31.4 Å². The van der Waals surface area contributed by atoms with Crippen molar-refractivity contribution >= 4 is 23.5 Å². The molecule has 2 N–H and O–H groups in total. The summed E-state index contributed by atoms with van der Waals surface area (Å²) >= 11 is 0. The topological polar surface area (TPSA) is 88.2 Å². The molecule has 2 heterocycles. The van der Waals surface area contributed by atoms with Crippen LogP contribution in [-0.4, -0.2) is 55.5 Å². The van der Waals surface area contributed by atoms with Crippen molar-refractivity contribution in [1.29, 1.82) is 0 Å². The first kappa shape index (κ1) is 14.4. The average Bonchev–Trinajstić information content (AvgIpc) is 2.90. The SMILES string of the molecule is CN1CCCN=C1c1ccc(N2C[C@@H](C(N)=O)OC2=O)cc1. The Morgan fingerprint density at radius 3 is 2.68 bits per heavy atom. The highest BCUT2D eigenvalue weighted by Gasteiger charge is 2.35. The van der Waals surface area contributed by atoms with E-state index < -0.39 is 18.1 Å². The number of nitrogens with zero attached hydrogens (tertiary/aromatic N) is 3. The smallest absolute Gasteiger partial charge is 0.415 e. The molecule has 0 spiro atoms. The molecule has 116 valence electrons. The first-order valence-corrected chi connectivity index (χ1v) is 7.20. The molecule has 1 saturated heterocycles. The van der Waals surface area contributed by atoms with Gasteiger partial charge >= 0.3 is 6.09 Å². The van der Waals surface area contributed by atoms with Crippen LogP contribution < -0.4 is 10.6 Å².